The van der Waals surface area contributed by atoms with Gasteiger partial charge in [0.05, 0.1) is 6.04 Å². The molecule has 1 N–H and O–H groups in total. The van der Waals surface area contributed by atoms with Gasteiger partial charge in [-0.2, -0.15) is 0 Å². The maximum absolute atomic E-state index is 13.3. The molecule has 3 aliphatic rings. The summed E-state index contributed by atoms with van der Waals surface area (Å²) in [6.45, 7) is 7.13. The predicted octanol–water partition coefficient (Wildman–Crippen LogP) is 2.92. The maximum atomic E-state index is 13.3. The van der Waals surface area contributed by atoms with Crippen LogP contribution in [0.15, 0.2) is 30.3 Å². The summed E-state index contributed by atoms with van der Waals surface area (Å²) in [4.78, 5) is 32.9. The molecule has 2 amide bonds. The van der Waals surface area contributed by atoms with Crippen LogP contribution >= 0.6 is 0 Å². The summed E-state index contributed by atoms with van der Waals surface area (Å²) in [7, 11) is 0. The number of amides is 2. The second-order valence-electron chi connectivity index (χ2n) is 10.1. The van der Waals surface area contributed by atoms with E-state index in [0.29, 0.717) is 12.3 Å². The molecule has 0 bridgehead atoms. The molecule has 1 saturated carbocycles. The molecule has 2 heterocycles. The lowest BCUT2D eigenvalue weighted by Crippen LogP contribution is -2.58. The number of piperidine rings is 1. The van der Waals surface area contributed by atoms with E-state index < -0.39 is 0 Å². The number of likely N-dealkylation sites (tertiary alicyclic amines) is 1. The number of carbonyl (C=O) groups is 2. The highest BCUT2D eigenvalue weighted by atomic mass is 16.2. The van der Waals surface area contributed by atoms with E-state index in [2.05, 4.69) is 27.2 Å². The van der Waals surface area contributed by atoms with Gasteiger partial charge < -0.3 is 15.1 Å². The molecule has 0 unspecified atom stereocenters. The van der Waals surface area contributed by atoms with E-state index in [9.17, 15) is 9.59 Å². The van der Waals surface area contributed by atoms with Crippen LogP contribution in [0, 0.1) is 5.92 Å². The molecule has 0 aromatic heterocycles. The van der Waals surface area contributed by atoms with Crippen molar-refractivity contribution in [2.24, 2.45) is 5.92 Å². The first-order chi connectivity index (χ1) is 16.2. The van der Waals surface area contributed by atoms with Gasteiger partial charge in [-0.3, -0.25) is 14.5 Å². The Balaban J connectivity index is 1.25. The Morgan fingerprint density at radius 1 is 0.879 bits per heavy atom. The van der Waals surface area contributed by atoms with Gasteiger partial charge in [0.15, 0.2) is 0 Å². The summed E-state index contributed by atoms with van der Waals surface area (Å²) in [6.07, 6.45) is 10.0. The highest BCUT2D eigenvalue weighted by Crippen LogP contribution is 2.31. The Labute approximate surface area is 199 Å². The molecule has 6 nitrogen and oxygen atoms in total. The van der Waals surface area contributed by atoms with Crippen LogP contribution in [0.4, 0.5) is 0 Å². The fraction of sp³-hybridized carbons (Fsp3) is 0.704. The van der Waals surface area contributed by atoms with Crippen LogP contribution < -0.4 is 5.32 Å². The van der Waals surface area contributed by atoms with Gasteiger partial charge in [-0.1, -0.05) is 49.6 Å². The maximum Gasteiger partial charge on any atom is 0.237 e. The molecule has 6 heteroatoms. The number of rotatable bonds is 9. The zero-order chi connectivity index (χ0) is 22.9. The van der Waals surface area contributed by atoms with Crippen LogP contribution in [0.1, 0.15) is 56.9 Å². The SMILES string of the molecule is O=C(NCCN1CCCCC1)[C@H](C1CCCC1)N1CCN(C(=O)CCc2ccccc2)CC1. The number of aryl methyl sites for hydroxylation is 1. The van der Waals surface area contributed by atoms with Crippen molar-refractivity contribution >= 4 is 11.8 Å². The number of nitrogens with one attached hydrogen (secondary N) is 1. The number of benzene rings is 1. The van der Waals surface area contributed by atoms with Crippen molar-refractivity contribution in [1.29, 1.82) is 0 Å². The fourth-order valence-corrected chi connectivity index (χ4v) is 5.88. The minimum atomic E-state index is -0.0320. The number of piperazine rings is 1. The van der Waals surface area contributed by atoms with Gasteiger partial charge in [0, 0.05) is 45.7 Å². The first kappa shape index (κ1) is 24.2. The molecular weight excluding hydrogens is 412 g/mol. The van der Waals surface area contributed by atoms with Crippen molar-refractivity contribution in [3.05, 3.63) is 35.9 Å². The van der Waals surface area contributed by atoms with Crippen molar-refractivity contribution in [1.82, 2.24) is 20.0 Å². The summed E-state index contributed by atoms with van der Waals surface area (Å²) in [5.74, 6) is 0.907. The van der Waals surface area contributed by atoms with Gasteiger partial charge in [-0.05, 0) is 56.7 Å². The van der Waals surface area contributed by atoms with Crippen molar-refractivity contribution in [3.63, 3.8) is 0 Å². The molecule has 33 heavy (non-hydrogen) atoms. The van der Waals surface area contributed by atoms with Crippen LogP contribution in [0.25, 0.3) is 0 Å². The standard InChI is InChI=1S/C27H42N4O2/c32-25(14-13-23-9-3-1-4-10-23)30-19-21-31(22-20-30)26(24-11-5-6-12-24)27(33)28-15-18-29-16-7-2-8-17-29/h1,3-4,9-10,24,26H,2,5-8,11-22H2,(H,28,33)/t26-/m0/s1. The molecule has 2 saturated heterocycles. The van der Waals surface area contributed by atoms with Crippen LogP contribution in [-0.4, -0.2) is 84.9 Å². The zero-order valence-corrected chi connectivity index (χ0v) is 20.2. The topological polar surface area (TPSA) is 55.9 Å². The second-order valence-corrected chi connectivity index (χ2v) is 10.1. The highest BCUT2D eigenvalue weighted by Gasteiger charge is 2.37. The Hall–Kier alpha value is -1.92. The Kier molecular flexibility index (Phi) is 9.18. The first-order valence-electron chi connectivity index (χ1n) is 13.3. The minimum absolute atomic E-state index is 0.0320. The molecular formula is C27H42N4O2. The van der Waals surface area contributed by atoms with Gasteiger partial charge in [0.2, 0.25) is 11.8 Å². The lowest BCUT2D eigenvalue weighted by atomic mass is 9.95. The molecule has 182 valence electrons. The minimum Gasteiger partial charge on any atom is -0.353 e. The monoisotopic (exact) mass is 454 g/mol. The first-order valence-corrected chi connectivity index (χ1v) is 13.3. The smallest absolute Gasteiger partial charge is 0.237 e. The second kappa shape index (κ2) is 12.5. The summed E-state index contributed by atoms with van der Waals surface area (Å²) in [5.41, 5.74) is 1.21. The third-order valence-corrected chi connectivity index (χ3v) is 7.82. The van der Waals surface area contributed by atoms with Crippen molar-refractivity contribution in [3.8, 4) is 0 Å². The van der Waals surface area contributed by atoms with Crippen LogP contribution in [-0.2, 0) is 16.0 Å². The molecule has 1 aromatic rings. The van der Waals surface area contributed by atoms with Crippen molar-refractivity contribution in [2.45, 2.75) is 63.8 Å². The average Bonchev–Trinajstić information content (AvgIpc) is 3.39. The fourth-order valence-electron chi connectivity index (χ4n) is 5.88. The van der Waals surface area contributed by atoms with E-state index in [0.717, 1.165) is 58.5 Å². The van der Waals surface area contributed by atoms with Gasteiger partial charge in [-0.15, -0.1) is 0 Å². The molecule has 0 radical (unpaired) electrons. The van der Waals surface area contributed by atoms with Crippen molar-refractivity contribution in [2.75, 3.05) is 52.4 Å². The van der Waals surface area contributed by atoms with E-state index in [1.807, 2.05) is 23.1 Å². The Bertz CT molecular complexity index is 736. The highest BCUT2D eigenvalue weighted by molar-refractivity contribution is 5.82. The normalized spacial score (nSPS) is 21.8. The van der Waals surface area contributed by atoms with E-state index in [1.165, 1.54) is 50.8 Å². The molecule has 1 aliphatic carbocycles. The van der Waals surface area contributed by atoms with Crippen LogP contribution in [0.5, 0.6) is 0 Å². The van der Waals surface area contributed by atoms with E-state index in [4.69, 9.17) is 0 Å². The summed E-state index contributed by atoms with van der Waals surface area (Å²) in [6, 6.07) is 10.2. The van der Waals surface area contributed by atoms with Crippen LogP contribution in [0.3, 0.4) is 0 Å². The lowest BCUT2D eigenvalue weighted by Gasteiger charge is -2.41. The predicted molar refractivity (Wildman–Crippen MR) is 132 cm³/mol. The molecule has 4 rings (SSSR count). The molecule has 1 atom stereocenters. The average molecular weight is 455 g/mol. The number of carbonyl (C=O) groups excluding carboxylic acids is 2. The largest absolute Gasteiger partial charge is 0.353 e. The van der Waals surface area contributed by atoms with E-state index in [1.54, 1.807) is 0 Å². The number of nitrogens with zero attached hydrogens (tertiary/aromatic N) is 3. The molecule has 1 aromatic carbocycles. The quantitative estimate of drug-likeness (QED) is 0.623. The van der Waals surface area contributed by atoms with Crippen LogP contribution in [0.2, 0.25) is 0 Å². The summed E-state index contributed by atoms with van der Waals surface area (Å²) >= 11 is 0. The third kappa shape index (κ3) is 7.03. The number of hydrogen-bond donors (Lipinski definition) is 1. The Morgan fingerprint density at radius 2 is 1.58 bits per heavy atom. The third-order valence-electron chi connectivity index (χ3n) is 7.82. The zero-order valence-electron chi connectivity index (χ0n) is 20.2. The molecule has 3 fully saturated rings. The summed E-state index contributed by atoms with van der Waals surface area (Å²) in [5, 5.41) is 3.27. The molecule has 2 aliphatic heterocycles. The van der Waals surface area contributed by atoms with Gasteiger partial charge >= 0.3 is 0 Å². The Morgan fingerprint density at radius 3 is 2.27 bits per heavy atom. The van der Waals surface area contributed by atoms with Gasteiger partial charge in [0.1, 0.15) is 0 Å². The lowest BCUT2D eigenvalue weighted by molar-refractivity contribution is -0.135. The number of hydrogen-bond acceptors (Lipinski definition) is 4. The van der Waals surface area contributed by atoms with Gasteiger partial charge in [0.25, 0.3) is 0 Å². The van der Waals surface area contributed by atoms with Gasteiger partial charge in [-0.25, -0.2) is 0 Å². The van der Waals surface area contributed by atoms with Crippen molar-refractivity contribution < 1.29 is 9.59 Å². The molecule has 0 spiro atoms. The summed E-state index contributed by atoms with van der Waals surface area (Å²) < 4.78 is 0. The van der Waals surface area contributed by atoms with E-state index >= 15 is 0 Å². The van der Waals surface area contributed by atoms with E-state index in [-0.39, 0.29) is 17.9 Å².